The van der Waals surface area contributed by atoms with Gasteiger partial charge in [0.15, 0.2) is 6.29 Å². The maximum Gasteiger partial charge on any atom is 0.239 e. The van der Waals surface area contributed by atoms with Crippen LogP contribution in [0.15, 0.2) is 12.1 Å². The summed E-state index contributed by atoms with van der Waals surface area (Å²) in [6, 6.07) is 3.64. The van der Waals surface area contributed by atoms with Crippen molar-refractivity contribution >= 4 is 28.5 Å². The summed E-state index contributed by atoms with van der Waals surface area (Å²) in [5.41, 5.74) is 0. The van der Waals surface area contributed by atoms with E-state index < -0.39 is 0 Å². The van der Waals surface area contributed by atoms with E-state index in [1.165, 1.54) is 11.3 Å². The van der Waals surface area contributed by atoms with Crippen LogP contribution in [0.2, 0.25) is 0 Å². The average molecular weight is 240 g/mol. The Labute approximate surface area is 99.3 Å². The lowest BCUT2D eigenvalue weighted by molar-refractivity contribution is -0.119. The lowest BCUT2D eigenvalue weighted by Crippen LogP contribution is -2.36. The van der Waals surface area contributed by atoms with Crippen molar-refractivity contribution in [3.8, 4) is 0 Å². The van der Waals surface area contributed by atoms with Gasteiger partial charge in [0, 0.05) is 13.1 Å². The number of nitrogens with one attached hydrogen (secondary N) is 1. The molecule has 1 heterocycles. The molecule has 4 nitrogen and oxygen atoms in total. The normalized spacial score (nSPS) is 9.88. The number of hydrogen-bond acceptors (Lipinski definition) is 4. The molecule has 1 amide bonds. The third-order valence-electron chi connectivity index (χ3n) is 2.13. The Morgan fingerprint density at radius 3 is 2.75 bits per heavy atom. The van der Waals surface area contributed by atoms with Gasteiger partial charge in [0.25, 0.3) is 0 Å². The molecule has 1 N–H and O–H groups in total. The molecule has 0 fully saturated rings. The van der Waals surface area contributed by atoms with Crippen molar-refractivity contribution in [3.05, 3.63) is 17.0 Å². The van der Waals surface area contributed by atoms with Crippen LogP contribution in [-0.2, 0) is 4.79 Å². The van der Waals surface area contributed by atoms with Gasteiger partial charge in [-0.05, 0) is 26.0 Å². The Kier molecular flexibility index (Phi) is 4.98. The van der Waals surface area contributed by atoms with Gasteiger partial charge in [0.2, 0.25) is 5.91 Å². The molecule has 1 rings (SSSR count). The molecule has 5 heteroatoms. The zero-order chi connectivity index (χ0) is 12.0. The molecule has 88 valence electrons. The quantitative estimate of drug-likeness (QED) is 0.767. The summed E-state index contributed by atoms with van der Waals surface area (Å²) in [6.45, 7) is 5.60. The molecule has 0 radical (unpaired) electrons. The summed E-state index contributed by atoms with van der Waals surface area (Å²) in [5, 5.41) is 3.71. The SMILES string of the molecule is CCNC(=O)CN(CC)c1ccc(C=O)s1. The van der Waals surface area contributed by atoms with Crippen LogP contribution in [0, 0.1) is 0 Å². The van der Waals surface area contributed by atoms with Crippen LogP contribution in [0.3, 0.4) is 0 Å². The first-order valence-electron chi connectivity index (χ1n) is 5.27. The predicted molar refractivity (Wildman–Crippen MR) is 66.3 cm³/mol. The van der Waals surface area contributed by atoms with Gasteiger partial charge in [0.1, 0.15) is 0 Å². The summed E-state index contributed by atoms with van der Waals surface area (Å²) in [4.78, 5) is 24.6. The highest BCUT2D eigenvalue weighted by atomic mass is 32.1. The smallest absolute Gasteiger partial charge is 0.239 e. The fraction of sp³-hybridized carbons (Fsp3) is 0.455. The lowest BCUT2D eigenvalue weighted by Gasteiger charge is -2.20. The van der Waals surface area contributed by atoms with Gasteiger partial charge in [-0.2, -0.15) is 0 Å². The van der Waals surface area contributed by atoms with E-state index in [0.717, 1.165) is 17.8 Å². The average Bonchev–Trinajstić information content (AvgIpc) is 2.74. The number of rotatable bonds is 6. The monoisotopic (exact) mass is 240 g/mol. The molecular formula is C11H16N2O2S. The van der Waals surface area contributed by atoms with Gasteiger partial charge < -0.3 is 10.2 Å². The maximum atomic E-state index is 11.4. The van der Waals surface area contributed by atoms with Crippen molar-refractivity contribution in [2.75, 3.05) is 24.5 Å². The van der Waals surface area contributed by atoms with Crippen molar-refractivity contribution in [1.82, 2.24) is 5.32 Å². The molecule has 0 saturated carbocycles. The fourth-order valence-corrected chi connectivity index (χ4v) is 2.23. The van der Waals surface area contributed by atoms with Crippen molar-refractivity contribution in [3.63, 3.8) is 0 Å². The number of hydrogen-bond donors (Lipinski definition) is 1. The molecule has 0 unspecified atom stereocenters. The minimum absolute atomic E-state index is 0.00500. The van der Waals surface area contributed by atoms with Crippen LogP contribution in [0.4, 0.5) is 5.00 Å². The second kappa shape index (κ2) is 6.27. The molecule has 1 aromatic rings. The molecule has 0 atom stereocenters. The van der Waals surface area contributed by atoms with Gasteiger partial charge >= 0.3 is 0 Å². The second-order valence-corrected chi connectivity index (χ2v) is 4.36. The summed E-state index contributed by atoms with van der Waals surface area (Å²) < 4.78 is 0. The zero-order valence-electron chi connectivity index (χ0n) is 9.53. The van der Waals surface area contributed by atoms with E-state index in [9.17, 15) is 9.59 Å². The Bertz CT molecular complexity index is 363. The summed E-state index contributed by atoms with van der Waals surface area (Å²) >= 11 is 1.40. The van der Waals surface area contributed by atoms with Crippen LogP contribution in [0.25, 0.3) is 0 Å². The van der Waals surface area contributed by atoms with E-state index in [2.05, 4.69) is 5.32 Å². The van der Waals surface area contributed by atoms with Gasteiger partial charge in [0.05, 0.1) is 16.4 Å². The Hall–Kier alpha value is -1.36. The first-order chi connectivity index (χ1) is 7.71. The number of nitrogens with zero attached hydrogens (tertiary/aromatic N) is 1. The second-order valence-electron chi connectivity index (χ2n) is 3.26. The van der Waals surface area contributed by atoms with E-state index in [-0.39, 0.29) is 5.91 Å². The van der Waals surface area contributed by atoms with Gasteiger partial charge in [-0.3, -0.25) is 9.59 Å². The van der Waals surface area contributed by atoms with Gasteiger partial charge in [-0.25, -0.2) is 0 Å². The maximum absolute atomic E-state index is 11.4. The standard InChI is InChI=1S/C11H16N2O2S/c1-3-12-10(15)7-13(4-2)11-6-5-9(8-14)16-11/h5-6,8H,3-4,7H2,1-2H3,(H,12,15). The zero-order valence-corrected chi connectivity index (χ0v) is 10.3. The Balaban J connectivity index is 2.66. The number of anilines is 1. The highest BCUT2D eigenvalue weighted by Gasteiger charge is 2.11. The van der Waals surface area contributed by atoms with Gasteiger partial charge in [-0.1, -0.05) is 0 Å². The molecule has 0 aliphatic carbocycles. The Morgan fingerprint density at radius 1 is 1.50 bits per heavy atom. The van der Waals surface area contributed by atoms with Crippen molar-refractivity contribution in [2.24, 2.45) is 0 Å². The van der Waals surface area contributed by atoms with Crippen molar-refractivity contribution in [2.45, 2.75) is 13.8 Å². The molecule has 0 spiro atoms. The van der Waals surface area contributed by atoms with E-state index >= 15 is 0 Å². The highest BCUT2D eigenvalue weighted by Crippen LogP contribution is 2.24. The molecule has 0 saturated heterocycles. The summed E-state index contributed by atoms with van der Waals surface area (Å²) in [7, 11) is 0. The molecular weight excluding hydrogens is 224 g/mol. The minimum Gasteiger partial charge on any atom is -0.355 e. The number of thiophene rings is 1. The van der Waals surface area contributed by atoms with Crippen LogP contribution < -0.4 is 10.2 Å². The largest absolute Gasteiger partial charge is 0.355 e. The van der Waals surface area contributed by atoms with E-state index in [4.69, 9.17) is 0 Å². The topological polar surface area (TPSA) is 49.4 Å². The van der Waals surface area contributed by atoms with Crippen LogP contribution >= 0.6 is 11.3 Å². The number of carbonyl (C=O) groups excluding carboxylic acids is 2. The number of likely N-dealkylation sites (N-methyl/N-ethyl adjacent to an activating group) is 2. The van der Waals surface area contributed by atoms with Crippen LogP contribution in [0.1, 0.15) is 23.5 Å². The fourth-order valence-electron chi connectivity index (χ4n) is 1.35. The molecule has 0 aliphatic heterocycles. The third-order valence-corrected chi connectivity index (χ3v) is 3.20. The van der Waals surface area contributed by atoms with E-state index in [1.807, 2.05) is 24.8 Å². The molecule has 1 aromatic heterocycles. The predicted octanol–water partition coefficient (Wildman–Crippen LogP) is 1.52. The first-order valence-corrected chi connectivity index (χ1v) is 6.09. The first kappa shape index (κ1) is 12.7. The summed E-state index contributed by atoms with van der Waals surface area (Å²) in [5.74, 6) is 0.00500. The molecule has 0 aliphatic rings. The van der Waals surface area contributed by atoms with E-state index in [0.29, 0.717) is 18.0 Å². The molecule has 0 aromatic carbocycles. The van der Waals surface area contributed by atoms with Crippen LogP contribution in [-0.4, -0.2) is 31.8 Å². The molecule has 0 bridgehead atoms. The molecule has 16 heavy (non-hydrogen) atoms. The lowest BCUT2D eigenvalue weighted by atomic mass is 10.4. The third kappa shape index (κ3) is 3.34. The Morgan fingerprint density at radius 2 is 2.25 bits per heavy atom. The number of aldehydes is 1. The summed E-state index contributed by atoms with van der Waals surface area (Å²) in [6.07, 6.45) is 0.828. The van der Waals surface area contributed by atoms with Crippen LogP contribution in [0.5, 0.6) is 0 Å². The minimum atomic E-state index is 0.00500. The van der Waals surface area contributed by atoms with E-state index in [1.54, 1.807) is 6.07 Å². The van der Waals surface area contributed by atoms with Gasteiger partial charge in [-0.15, -0.1) is 11.3 Å². The highest BCUT2D eigenvalue weighted by molar-refractivity contribution is 7.17. The van der Waals surface area contributed by atoms with Crippen molar-refractivity contribution < 1.29 is 9.59 Å². The number of carbonyl (C=O) groups is 2. The number of amides is 1. The van der Waals surface area contributed by atoms with Crippen molar-refractivity contribution in [1.29, 1.82) is 0 Å².